The Balaban J connectivity index is 3.29. The maximum absolute atomic E-state index is 12.0. The first-order chi connectivity index (χ1) is 8.30. The lowest BCUT2D eigenvalue weighted by atomic mass is 10.2. The van der Waals surface area contributed by atoms with Crippen molar-refractivity contribution in [1.82, 2.24) is 4.98 Å². The van der Waals surface area contributed by atoms with E-state index in [1.54, 1.807) is 0 Å². The molecule has 0 fully saturated rings. The van der Waals surface area contributed by atoms with E-state index in [-0.39, 0.29) is 11.3 Å². The van der Waals surface area contributed by atoms with Crippen LogP contribution in [0.4, 0.5) is 13.2 Å². The lowest BCUT2D eigenvalue weighted by Gasteiger charge is -2.10. The Bertz CT molecular complexity index is 512. The van der Waals surface area contributed by atoms with Crippen molar-refractivity contribution in [3.8, 4) is 5.75 Å². The summed E-state index contributed by atoms with van der Waals surface area (Å²) in [6.45, 7) is 0. The van der Waals surface area contributed by atoms with Crippen molar-refractivity contribution < 1.29 is 27.4 Å². The minimum atomic E-state index is -5.01. The molecule has 0 aliphatic heterocycles. The molecular weight excluding hydrogens is 279 g/mol. The number of H-pyrrole nitrogens is 1. The molecule has 18 heavy (non-hydrogen) atoms. The molecule has 0 spiro atoms. The number of halogens is 4. The summed E-state index contributed by atoms with van der Waals surface area (Å²) in [6, 6.07) is 0. The number of carbonyl (C=O) groups excluding carboxylic acids is 1. The number of rotatable bonds is 3. The normalized spacial score (nSPS) is 11.2. The van der Waals surface area contributed by atoms with Crippen LogP contribution in [0.3, 0.4) is 0 Å². The third kappa shape index (κ3) is 3.16. The molecule has 9 heteroatoms. The van der Waals surface area contributed by atoms with Gasteiger partial charge in [0.15, 0.2) is 5.75 Å². The van der Waals surface area contributed by atoms with Crippen LogP contribution in [-0.4, -0.2) is 24.4 Å². The predicted octanol–water partition coefficient (Wildman–Crippen LogP) is 1.80. The van der Waals surface area contributed by atoms with E-state index in [0.717, 1.165) is 7.11 Å². The van der Waals surface area contributed by atoms with Crippen molar-refractivity contribution in [1.29, 1.82) is 0 Å². The van der Waals surface area contributed by atoms with Crippen molar-refractivity contribution in [2.75, 3.05) is 7.11 Å². The SMILES string of the molecule is COC(=O)c1[nH]cc(OC(F)(F)F)c(=O)c1CCl. The summed E-state index contributed by atoms with van der Waals surface area (Å²) >= 11 is 5.42. The number of alkyl halides is 4. The third-order valence-electron chi connectivity index (χ3n) is 1.90. The highest BCUT2D eigenvalue weighted by atomic mass is 35.5. The van der Waals surface area contributed by atoms with Crippen LogP contribution < -0.4 is 10.2 Å². The molecule has 0 unspecified atom stereocenters. The van der Waals surface area contributed by atoms with Gasteiger partial charge in [-0.25, -0.2) is 4.79 Å². The van der Waals surface area contributed by atoms with Crippen LogP contribution in [0.2, 0.25) is 0 Å². The van der Waals surface area contributed by atoms with E-state index in [0.29, 0.717) is 6.20 Å². The monoisotopic (exact) mass is 285 g/mol. The Kier molecular flexibility index (Phi) is 4.23. The van der Waals surface area contributed by atoms with Crippen molar-refractivity contribution >= 4 is 17.6 Å². The molecule has 0 aliphatic rings. The van der Waals surface area contributed by atoms with Gasteiger partial charge in [-0.05, 0) is 0 Å². The summed E-state index contributed by atoms with van der Waals surface area (Å²) in [5.41, 5.74) is -1.79. The van der Waals surface area contributed by atoms with Crippen LogP contribution in [0.15, 0.2) is 11.0 Å². The number of hydrogen-bond donors (Lipinski definition) is 1. The Morgan fingerprint density at radius 1 is 1.50 bits per heavy atom. The molecule has 1 rings (SSSR count). The molecule has 1 aromatic rings. The van der Waals surface area contributed by atoms with Gasteiger partial charge in [0.05, 0.1) is 13.0 Å². The van der Waals surface area contributed by atoms with E-state index < -0.39 is 29.4 Å². The van der Waals surface area contributed by atoms with E-state index in [4.69, 9.17) is 11.6 Å². The number of esters is 1. The Hall–Kier alpha value is -1.70. The largest absolute Gasteiger partial charge is 0.573 e. The quantitative estimate of drug-likeness (QED) is 0.679. The second-order valence-electron chi connectivity index (χ2n) is 3.01. The van der Waals surface area contributed by atoms with Crippen LogP contribution >= 0.6 is 11.6 Å². The number of aromatic amines is 1. The number of pyridine rings is 1. The Morgan fingerprint density at radius 3 is 2.56 bits per heavy atom. The number of methoxy groups -OCH3 is 1. The molecule has 100 valence electrons. The van der Waals surface area contributed by atoms with Crippen molar-refractivity contribution in [2.24, 2.45) is 0 Å². The smallest absolute Gasteiger partial charge is 0.464 e. The van der Waals surface area contributed by atoms with E-state index in [1.165, 1.54) is 0 Å². The van der Waals surface area contributed by atoms with Crippen molar-refractivity contribution in [3.05, 3.63) is 27.7 Å². The van der Waals surface area contributed by atoms with Crippen molar-refractivity contribution in [2.45, 2.75) is 12.2 Å². The maximum Gasteiger partial charge on any atom is 0.573 e. The van der Waals surface area contributed by atoms with Gasteiger partial charge in [0.25, 0.3) is 0 Å². The average molecular weight is 286 g/mol. The van der Waals surface area contributed by atoms with E-state index in [2.05, 4.69) is 14.5 Å². The highest BCUT2D eigenvalue weighted by Gasteiger charge is 2.33. The summed E-state index contributed by atoms with van der Waals surface area (Å²) in [5, 5.41) is 0. The maximum atomic E-state index is 12.0. The summed E-state index contributed by atoms with van der Waals surface area (Å²) in [6.07, 6.45) is -4.39. The second-order valence-corrected chi connectivity index (χ2v) is 3.28. The Morgan fingerprint density at radius 2 is 2.11 bits per heavy atom. The molecule has 0 bridgehead atoms. The zero-order valence-corrected chi connectivity index (χ0v) is 9.69. The lowest BCUT2D eigenvalue weighted by molar-refractivity contribution is -0.275. The molecular formula is C9H7ClF3NO4. The molecule has 0 aromatic carbocycles. The molecule has 1 heterocycles. The van der Waals surface area contributed by atoms with Gasteiger partial charge >= 0.3 is 12.3 Å². The number of nitrogens with one attached hydrogen (secondary N) is 1. The molecule has 1 N–H and O–H groups in total. The van der Waals surface area contributed by atoms with E-state index in [9.17, 15) is 22.8 Å². The van der Waals surface area contributed by atoms with Gasteiger partial charge in [0.1, 0.15) is 5.69 Å². The number of carbonyl (C=O) groups is 1. The fourth-order valence-corrected chi connectivity index (χ4v) is 1.42. The van der Waals surface area contributed by atoms with Crippen molar-refractivity contribution in [3.63, 3.8) is 0 Å². The molecule has 0 aliphatic carbocycles. The first-order valence-electron chi connectivity index (χ1n) is 4.44. The summed E-state index contributed by atoms with van der Waals surface area (Å²) < 4.78 is 43.8. The van der Waals surface area contributed by atoms with Gasteiger partial charge in [-0.15, -0.1) is 24.8 Å². The van der Waals surface area contributed by atoms with Gasteiger partial charge in [0.2, 0.25) is 5.43 Å². The lowest BCUT2D eigenvalue weighted by Crippen LogP contribution is -2.25. The van der Waals surface area contributed by atoms with Gasteiger partial charge < -0.3 is 14.5 Å². The predicted molar refractivity (Wildman–Crippen MR) is 54.6 cm³/mol. The van der Waals surface area contributed by atoms with Crippen LogP contribution in [0.25, 0.3) is 0 Å². The molecule has 1 aromatic heterocycles. The van der Waals surface area contributed by atoms with E-state index in [1.807, 2.05) is 0 Å². The minimum Gasteiger partial charge on any atom is -0.464 e. The summed E-state index contributed by atoms with van der Waals surface area (Å²) in [4.78, 5) is 25.0. The van der Waals surface area contributed by atoms with Gasteiger partial charge in [-0.1, -0.05) is 0 Å². The van der Waals surface area contributed by atoms with Gasteiger partial charge in [-0.3, -0.25) is 4.79 Å². The Labute approximate surface area is 103 Å². The molecule has 0 atom stereocenters. The topological polar surface area (TPSA) is 68.4 Å². The standard InChI is InChI=1S/C9H7ClF3NO4/c1-17-8(16)6-4(2-10)7(15)5(3-14-6)18-9(11,12)13/h3H,2H2,1H3,(H,14,15). The van der Waals surface area contributed by atoms with Crippen LogP contribution in [0.5, 0.6) is 5.75 Å². The summed E-state index contributed by atoms with van der Waals surface area (Å²) in [5.74, 6) is -2.37. The first-order valence-corrected chi connectivity index (χ1v) is 4.98. The highest BCUT2D eigenvalue weighted by Crippen LogP contribution is 2.20. The number of hydrogen-bond acceptors (Lipinski definition) is 4. The van der Waals surface area contributed by atoms with E-state index >= 15 is 0 Å². The highest BCUT2D eigenvalue weighted by molar-refractivity contribution is 6.17. The summed E-state index contributed by atoms with van der Waals surface area (Å²) in [7, 11) is 1.05. The fraction of sp³-hybridized carbons (Fsp3) is 0.333. The minimum absolute atomic E-state index is 0.313. The second kappa shape index (κ2) is 5.30. The number of aromatic nitrogens is 1. The molecule has 0 saturated heterocycles. The zero-order valence-electron chi connectivity index (χ0n) is 8.93. The molecule has 0 amide bonds. The first kappa shape index (κ1) is 14.4. The molecule has 0 radical (unpaired) electrons. The molecule has 0 saturated carbocycles. The zero-order chi connectivity index (χ0) is 13.9. The van der Waals surface area contributed by atoms with Crippen LogP contribution in [-0.2, 0) is 10.6 Å². The van der Waals surface area contributed by atoms with Gasteiger partial charge in [-0.2, -0.15) is 0 Å². The number of ether oxygens (including phenoxy) is 2. The molecule has 5 nitrogen and oxygen atoms in total. The van der Waals surface area contributed by atoms with Gasteiger partial charge in [0, 0.05) is 11.8 Å². The third-order valence-corrected chi connectivity index (χ3v) is 2.16. The van der Waals surface area contributed by atoms with Crippen LogP contribution in [0.1, 0.15) is 16.1 Å². The average Bonchev–Trinajstić information content (AvgIpc) is 2.28. The fourth-order valence-electron chi connectivity index (χ4n) is 1.16. The van der Waals surface area contributed by atoms with Crippen LogP contribution in [0, 0.1) is 0 Å².